The fraction of sp³-hybridized carbons (Fsp3) is 0.370. The highest BCUT2D eigenvalue weighted by Gasteiger charge is 2.31. The molecule has 2 aromatic carbocycles. The van der Waals surface area contributed by atoms with Gasteiger partial charge in [-0.25, -0.2) is 18.2 Å². The topological polar surface area (TPSA) is 112 Å². The zero-order valence-electron chi connectivity index (χ0n) is 21.7. The second-order valence-corrected chi connectivity index (χ2v) is 12.4. The van der Waals surface area contributed by atoms with Crippen molar-refractivity contribution in [2.45, 2.75) is 31.3 Å². The van der Waals surface area contributed by atoms with E-state index < -0.39 is 16.1 Å². The number of hydrogen-bond donors (Lipinski definition) is 1. The van der Waals surface area contributed by atoms with Crippen molar-refractivity contribution in [2.75, 3.05) is 44.6 Å². The second-order valence-electron chi connectivity index (χ2n) is 9.40. The maximum atomic E-state index is 13.1. The molecule has 0 aliphatic carbocycles. The zero-order valence-corrected chi connectivity index (χ0v) is 23.3. The summed E-state index contributed by atoms with van der Waals surface area (Å²) in [5.74, 6) is -0.339. The highest BCUT2D eigenvalue weighted by Crippen LogP contribution is 2.29. The lowest BCUT2D eigenvalue weighted by Crippen LogP contribution is -2.50. The molecule has 1 fully saturated rings. The molecule has 1 aromatic heterocycles. The first-order chi connectivity index (χ1) is 18.8. The van der Waals surface area contributed by atoms with Crippen molar-refractivity contribution in [3.05, 3.63) is 76.3 Å². The van der Waals surface area contributed by atoms with Gasteiger partial charge in [-0.3, -0.25) is 15.0 Å². The lowest BCUT2D eigenvalue weighted by atomic mass is 10.1. The Morgan fingerprint density at radius 2 is 1.72 bits per heavy atom. The number of benzene rings is 2. The Bertz CT molecular complexity index is 1420. The molecule has 5 rings (SSSR count). The maximum Gasteiger partial charge on any atom is 0.409 e. The summed E-state index contributed by atoms with van der Waals surface area (Å²) >= 11 is 1.48. The van der Waals surface area contributed by atoms with Crippen molar-refractivity contribution < 1.29 is 22.7 Å². The number of carbonyl (C=O) groups is 2. The number of rotatable bonds is 7. The predicted octanol–water partition coefficient (Wildman–Crippen LogP) is 3.42. The molecule has 3 heterocycles. The summed E-state index contributed by atoms with van der Waals surface area (Å²) in [4.78, 5) is 34.5. The van der Waals surface area contributed by atoms with Crippen molar-refractivity contribution in [1.82, 2.24) is 19.1 Å². The van der Waals surface area contributed by atoms with E-state index in [0.717, 1.165) is 36.6 Å². The van der Waals surface area contributed by atoms with Gasteiger partial charge < -0.3 is 9.64 Å². The molecule has 0 radical (unpaired) electrons. The van der Waals surface area contributed by atoms with E-state index in [0.29, 0.717) is 10.7 Å². The van der Waals surface area contributed by atoms with Crippen LogP contribution in [0.2, 0.25) is 0 Å². The van der Waals surface area contributed by atoms with Crippen LogP contribution in [0.3, 0.4) is 0 Å². The van der Waals surface area contributed by atoms with Crippen molar-refractivity contribution in [2.24, 2.45) is 0 Å². The molecule has 2 aliphatic rings. The van der Waals surface area contributed by atoms with E-state index in [-0.39, 0.29) is 43.6 Å². The minimum atomic E-state index is -3.75. The van der Waals surface area contributed by atoms with E-state index in [2.05, 4.69) is 27.3 Å². The lowest BCUT2D eigenvalue weighted by Gasteiger charge is -2.33. The van der Waals surface area contributed by atoms with Gasteiger partial charge >= 0.3 is 6.09 Å². The third-order valence-electron chi connectivity index (χ3n) is 6.80. The third-order valence-corrected chi connectivity index (χ3v) is 9.71. The maximum absolute atomic E-state index is 13.1. The Morgan fingerprint density at radius 3 is 2.41 bits per heavy atom. The number of thiazole rings is 1. The van der Waals surface area contributed by atoms with E-state index in [4.69, 9.17) is 4.74 Å². The van der Waals surface area contributed by atoms with Gasteiger partial charge in [0.05, 0.1) is 17.2 Å². The van der Waals surface area contributed by atoms with E-state index in [1.165, 1.54) is 50.4 Å². The Morgan fingerprint density at radius 1 is 1.00 bits per heavy atom. The van der Waals surface area contributed by atoms with Gasteiger partial charge in [-0.15, -0.1) is 11.3 Å². The summed E-state index contributed by atoms with van der Waals surface area (Å²) < 4.78 is 32.5. The second kappa shape index (κ2) is 11.8. The SMILES string of the molecule is CCOC(=O)N1CCN(S(=O)(=O)c2ccc(C(=O)Nc3nc4c(s3)CN(Cc3ccccc3)CC4)cc2)CC1. The van der Waals surface area contributed by atoms with Crippen LogP contribution >= 0.6 is 11.3 Å². The van der Waals surface area contributed by atoms with Crippen LogP contribution < -0.4 is 5.32 Å². The molecule has 39 heavy (non-hydrogen) atoms. The van der Waals surface area contributed by atoms with Crippen LogP contribution in [0.5, 0.6) is 0 Å². The monoisotopic (exact) mass is 569 g/mol. The van der Waals surface area contributed by atoms with Gasteiger partial charge in [-0.2, -0.15) is 4.31 Å². The number of ether oxygens (including phenoxy) is 1. The first-order valence-electron chi connectivity index (χ1n) is 12.9. The van der Waals surface area contributed by atoms with Crippen LogP contribution in [-0.2, 0) is 34.3 Å². The van der Waals surface area contributed by atoms with E-state index in [9.17, 15) is 18.0 Å². The van der Waals surface area contributed by atoms with Crippen LogP contribution in [-0.4, -0.2) is 78.8 Å². The largest absolute Gasteiger partial charge is 0.450 e. The smallest absolute Gasteiger partial charge is 0.409 e. The Balaban J connectivity index is 1.18. The van der Waals surface area contributed by atoms with Gasteiger partial charge in [0, 0.05) is 62.7 Å². The molecule has 1 N–H and O–H groups in total. The van der Waals surface area contributed by atoms with Gasteiger partial charge in [-0.05, 0) is 36.8 Å². The fourth-order valence-corrected chi connectivity index (χ4v) is 7.17. The van der Waals surface area contributed by atoms with Gasteiger partial charge in [0.25, 0.3) is 5.91 Å². The minimum Gasteiger partial charge on any atom is -0.450 e. The van der Waals surface area contributed by atoms with Gasteiger partial charge in [0.2, 0.25) is 10.0 Å². The number of piperazine rings is 1. The predicted molar refractivity (Wildman–Crippen MR) is 148 cm³/mol. The molecule has 206 valence electrons. The first-order valence-corrected chi connectivity index (χ1v) is 15.2. The average Bonchev–Trinajstić information content (AvgIpc) is 3.35. The number of sulfonamides is 1. The number of amides is 2. The minimum absolute atomic E-state index is 0.104. The van der Waals surface area contributed by atoms with Crippen molar-refractivity contribution in [1.29, 1.82) is 0 Å². The average molecular weight is 570 g/mol. The third kappa shape index (κ3) is 6.30. The van der Waals surface area contributed by atoms with Gasteiger partial charge in [0.15, 0.2) is 5.13 Å². The molecule has 10 nitrogen and oxygen atoms in total. The lowest BCUT2D eigenvalue weighted by molar-refractivity contribution is 0.0933. The van der Waals surface area contributed by atoms with E-state index in [1.54, 1.807) is 6.92 Å². The molecular formula is C27H31N5O5S2. The van der Waals surface area contributed by atoms with Crippen LogP contribution in [0.4, 0.5) is 9.93 Å². The summed E-state index contributed by atoms with van der Waals surface area (Å²) in [5, 5.41) is 3.41. The number of nitrogens with one attached hydrogen (secondary N) is 1. The van der Waals surface area contributed by atoms with Crippen LogP contribution in [0.15, 0.2) is 59.5 Å². The van der Waals surface area contributed by atoms with E-state index >= 15 is 0 Å². The Kier molecular flexibility index (Phi) is 8.26. The molecule has 0 unspecified atom stereocenters. The standard InChI is InChI=1S/C27H31N5O5S2/c1-2-37-27(34)31-14-16-32(17-15-31)39(35,36)22-10-8-21(9-11-22)25(33)29-26-28-23-12-13-30(19-24(23)38-26)18-20-6-4-3-5-7-20/h3-11H,2,12-19H2,1H3,(H,28,29,33). The van der Waals surface area contributed by atoms with Gasteiger partial charge in [-0.1, -0.05) is 30.3 Å². The molecule has 0 bridgehead atoms. The summed E-state index contributed by atoms with van der Waals surface area (Å²) in [6.45, 7) is 5.47. The Hall–Kier alpha value is -3.32. The zero-order chi connectivity index (χ0) is 27.4. The van der Waals surface area contributed by atoms with Gasteiger partial charge in [0.1, 0.15) is 0 Å². The summed E-state index contributed by atoms with van der Waals surface area (Å²) in [5.41, 5.74) is 2.63. The van der Waals surface area contributed by atoms with Crippen molar-refractivity contribution >= 4 is 38.5 Å². The molecule has 3 aromatic rings. The Labute approximate surface area is 232 Å². The quantitative estimate of drug-likeness (QED) is 0.464. The summed E-state index contributed by atoms with van der Waals surface area (Å²) in [6, 6.07) is 16.2. The number of fused-ring (bicyclic) bond motifs is 1. The first kappa shape index (κ1) is 27.3. The van der Waals surface area contributed by atoms with E-state index in [1.807, 2.05) is 18.2 Å². The van der Waals surface area contributed by atoms with Crippen LogP contribution in [0.25, 0.3) is 0 Å². The molecule has 2 amide bonds. The fourth-order valence-electron chi connectivity index (χ4n) is 4.70. The molecule has 12 heteroatoms. The van der Waals surface area contributed by atoms with Crippen LogP contribution in [0, 0.1) is 0 Å². The number of nitrogens with zero attached hydrogens (tertiary/aromatic N) is 4. The highest BCUT2D eigenvalue weighted by molar-refractivity contribution is 7.89. The molecule has 0 spiro atoms. The molecule has 0 saturated carbocycles. The number of aromatic nitrogens is 1. The van der Waals surface area contributed by atoms with Crippen molar-refractivity contribution in [3.63, 3.8) is 0 Å². The summed E-state index contributed by atoms with van der Waals surface area (Å²) in [7, 11) is -3.75. The normalized spacial score (nSPS) is 16.5. The number of anilines is 1. The van der Waals surface area contributed by atoms with Crippen molar-refractivity contribution in [3.8, 4) is 0 Å². The van der Waals surface area contributed by atoms with Crippen LogP contribution in [0.1, 0.15) is 33.4 Å². The highest BCUT2D eigenvalue weighted by atomic mass is 32.2. The summed E-state index contributed by atoms with van der Waals surface area (Å²) in [6.07, 6.45) is 0.394. The number of hydrogen-bond acceptors (Lipinski definition) is 8. The molecule has 0 atom stereocenters. The molecular weight excluding hydrogens is 538 g/mol. The number of carbonyl (C=O) groups excluding carboxylic acids is 2. The molecule has 1 saturated heterocycles. The molecule has 2 aliphatic heterocycles.